The van der Waals surface area contributed by atoms with E-state index in [0.29, 0.717) is 16.7 Å². The Morgan fingerprint density at radius 2 is 1.75 bits per heavy atom. The van der Waals surface area contributed by atoms with Crippen molar-refractivity contribution < 1.29 is 14.3 Å². The number of hydrogen-bond acceptors (Lipinski definition) is 5. The molecule has 1 aliphatic rings. The van der Waals surface area contributed by atoms with Crippen molar-refractivity contribution in [3.05, 3.63) is 60.7 Å². The number of phenols is 1. The Bertz CT molecular complexity index is 1080. The number of carbonyl (C=O) groups excluding carboxylic acids is 1. The van der Waals surface area contributed by atoms with Crippen molar-refractivity contribution in [2.75, 3.05) is 36.4 Å². The molecule has 6 nitrogen and oxygen atoms in total. The molecule has 0 radical (unpaired) electrons. The molecule has 1 aromatic heterocycles. The summed E-state index contributed by atoms with van der Waals surface area (Å²) in [5.41, 5.74) is 3.56. The zero-order valence-electron chi connectivity index (χ0n) is 18.7. The molecule has 2 heterocycles. The van der Waals surface area contributed by atoms with E-state index < -0.39 is 5.82 Å². The topological polar surface area (TPSA) is 77.5 Å². The molecule has 4 rings (SSSR count). The molecular weight excluding hydrogens is 407 g/mol. The van der Waals surface area contributed by atoms with Crippen LogP contribution in [0, 0.1) is 5.82 Å². The van der Waals surface area contributed by atoms with Crippen molar-refractivity contribution >= 4 is 17.3 Å². The number of anilines is 2. The molecule has 1 fully saturated rings. The molecule has 2 aromatic carbocycles. The first-order chi connectivity index (χ1) is 15.5. The average Bonchev–Trinajstić information content (AvgIpc) is 2.82. The number of halogens is 1. The van der Waals surface area contributed by atoms with Gasteiger partial charge in [-0.2, -0.15) is 0 Å². The molecule has 168 valence electrons. The third-order valence-electron chi connectivity index (χ3n) is 5.14. The first kappa shape index (κ1) is 23.2. The van der Waals surface area contributed by atoms with Crippen molar-refractivity contribution in [2.24, 2.45) is 0 Å². The second-order valence-corrected chi connectivity index (χ2v) is 7.25. The van der Waals surface area contributed by atoms with Crippen LogP contribution in [-0.4, -0.2) is 42.2 Å². The predicted octanol–water partition coefficient (Wildman–Crippen LogP) is 4.65. The number of phenolic OH excluding ortho intramolecular Hbond substituents is 1. The van der Waals surface area contributed by atoms with Crippen molar-refractivity contribution in [3.63, 3.8) is 0 Å². The van der Waals surface area contributed by atoms with Gasteiger partial charge >= 0.3 is 0 Å². The van der Waals surface area contributed by atoms with Crippen LogP contribution in [0.5, 0.6) is 5.75 Å². The largest absolute Gasteiger partial charge is 0.507 e. The third kappa shape index (κ3) is 5.23. The Kier molecular flexibility index (Phi) is 7.78. The highest BCUT2D eigenvalue weighted by atomic mass is 19.1. The van der Waals surface area contributed by atoms with Gasteiger partial charge in [0.1, 0.15) is 11.6 Å². The van der Waals surface area contributed by atoms with E-state index in [1.807, 2.05) is 38.2 Å². The van der Waals surface area contributed by atoms with Gasteiger partial charge in [0, 0.05) is 56.0 Å². The second-order valence-electron chi connectivity index (χ2n) is 7.25. The number of aromatic hydroxyl groups is 1. The number of benzene rings is 2. The van der Waals surface area contributed by atoms with Crippen LogP contribution in [0.25, 0.3) is 22.3 Å². The quantitative estimate of drug-likeness (QED) is 0.555. The lowest BCUT2D eigenvalue weighted by molar-refractivity contribution is -0.114. The predicted molar refractivity (Wildman–Crippen MR) is 127 cm³/mol. The van der Waals surface area contributed by atoms with Crippen LogP contribution in [0.1, 0.15) is 20.8 Å². The molecule has 1 amide bonds. The van der Waals surface area contributed by atoms with E-state index in [9.17, 15) is 14.3 Å². The van der Waals surface area contributed by atoms with Crippen molar-refractivity contribution in [3.8, 4) is 28.0 Å². The van der Waals surface area contributed by atoms with Crippen LogP contribution >= 0.6 is 0 Å². The molecule has 3 N–H and O–H groups in total. The molecular formula is C25H29FN4O2. The van der Waals surface area contributed by atoms with Crippen molar-refractivity contribution in [2.45, 2.75) is 20.8 Å². The van der Waals surface area contributed by atoms with Crippen LogP contribution < -0.4 is 15.5 Å². The fourth-order valence-electron chi connectivity index (χ4n) is 3.65. The monoisotopic (exact) mass is 436 g/mol. The maximum absolute atomic E-state index is 14.4. The molecule has 0 saturated carbocycles. The Hall–Kier alpha value is -3.45. The SMILES string of the molecule is CC.CC(=O)Nc1ccc(-c2cccc(-c3cncc(N4CCNCC4)c3)c2O)cc1F. The van der Waals surface area contributed by atoms with E-state index in [4.69, 9.17) is 0 Å². The number of carbonyl (C=O) groups is 1. The molecule has 1 aliphatic heterocycles. The van der Waals surface area contributed by atoms with Gasteiger partial charge in [0.05, 0.1) is 17.6 Å². The van der Waals surface area contributed by atoms with Gasteiger partial charge in [-0.15, -0.1) is 0 Å². The van der Waals surface area contributed by atoms with Gasteiger partial charge in [-0.3, -0.25) is 9.78 Å². The van der Waals surface area contributed by atoms with E-state index in [-0.39, 0.29) is 17.3 Å². The molecule has 0 aliphatic carbocycles. The number of nitrogens with one attached hydrogen (secondary N) is 2. The van der Waals surface area contributed by atoms with Crippen LogP contribution in [0.4, 0.5) is 15.8 Å². The smallest absolute Gasteiger partial charge is 0.221 e. The first-order valence-corrected chi connectivity index (χ1v) is 10.8. The number of nitrogens with zero attached hydrogens (tertiary/aromatic N) is 2. The third-order valence-corrected chi connectivity index (χ3v) is 5.14. The van der Waals surface area contributed by atoms with Crippen LogP contribution in [-0.2, 0) is 4.79 Å². The summed E-state index contributed by atoms with van der Waals surface area (Å²) in [5.74, 6) is -0.846. The van der Waals surface area contributed by atoms with E-state index >= 15 is 0 Å². The standard InChI is InChI=1S/C23H23FN4O2.C2H6/c1-15(29)27-22-6-5-16(12-21(22)24)19-3-2-4-20(23(19)30)17-11-18(14-26-13-17)28-9-7-25-8-10-28;1-2/h2-6,11-14,25,30H,7-10H2,1H3,(H,27,29);1-2H3. The average molecular weight is 437 g/mol. The van der Waals surface area contributed by atoms with Crippen LogP contribution in [0.2, 0.25) is 0 Å². The molecule has 3 aromatic rings. The minimum absolute atomic E-state index is 0.0587. The minimum atomic E-state index is -0.560. The van der Waals surface area contributed by atoms with E-state index in [1.165, 1.54) is 19.1 Å². The lowest BCUT2D eigenvalue weighted by Crippen LogP contribution is -2.43. The molecule has 32 heavy (non-hydrogen) atoms. The Morgan fingerprint density at radius 1 is 1.06 bits per heavy atom. The first-order valence-electron chi connectivity index (χ1n) is 10.8. The highest BCUT2D eigenvalue weighted by Crippen LogP contribution is 2.39. The molecule has 0 spiro atoms. The summed E-state index contributed by atoms with van der Waals surface area (Å²) in [6.07, 6.45) is 3.54. The number of amides is 1. The van der Waals surface area contributed by atoms with Gasteiger partial charge in [0.15, 0.2) is 0 Å². The Balaban J connectivity index is 0.00000141. The molecule has 7 heteroatoms. The van der Waals surface area contributed by atoms with Gasteiger partial charge in [-0.1, -0.05) is 38.1 Å². The van der Waals surface area contributed by atoms with Crippen molar-refractivity contribution in [1.29, 1.82) is 0 Å². The van der Waals surface area contributed by atoms with E-state index in [0.717, 1.165) is 37.4 Å². The summed E-state index contributed by atoms with van der Waals surface area (Å²) in [6.45, 7) is 8.97. The van der Waals surface area contributed by atoms with Crippen molar-refractivity contribution in [1.82, 2.24) is 10.3 Å². The maximum Gasteiger partial charge on any atom is 0.221 e. The minimum Gasteiger partial charge on any atom is -0.507 e. The molecule has 0 atom stereocenters. The second kappa shape index (κ2) is 10.7. The summed E-state index contributed by atoms with van der Waals surface area (Å²) < 4.78 is 14.4. The Morgan fingerprint density at radius 3 is 2.41 bits per heavy atom. The highest BCUT2D eigenvalue weighted by Gasteiger charge is 2.16. The van der Waals surface area contributed by atoms with Gasteiger partial charge in [-0.25, -0.2) is 4.39 Å². The fourth-order valence-corrected chi connectivity index (χ4v) is 3.65. The number of aromatic nitrogens is 1. The number of hydrogen-bond donors (Lipinski definition) is 3. The number of para-hydroxylation sites is 1. The zero-order valence-corrected chi connectivity index (χ0v) is 18.7. The summed E-state index contributed by atoms with van der Waals surface area (Å²) in [6, 6.07) is 11.9. The summed E-state index contributed by atoms with van der Waals surface area (Å²) in [5, 5.41) is 16.7. The van der Waals surface area contributed by atoms with E-state index in [2.05, 4.69) is 20.5 Å². The summed E-state index contributed by atoms with van der Waals surface area (Å²) >= 11 is 0. The lowest BCUT2D eigenvalue weighted by atomic mass is 9.97. The van der Waals surface area contributed by atoms with Crippen LogP contribution in [0.15, 0.2) is 54.9 Å². The number of rotatable bonds is 4. The Labute approximate surface area is 188 Å². The maximum atomic E-state index is 14.4. The summed E-state index contributed by atoms with van der Waals surface area (Å²) in [7, 11) is 0. The lowest BCUT2D eigenvalue weighted by Gasteiger charge is -2.29. The fraction of sp³-hybridized carbons (Fsp3) is 0.280. The number of piperazine rings is 1. The highest BCUT2D eigenvalue weighted by molar-refractivity contribution is 5.89. The van der Waals surface area contributed by atoms with E-state index in [1.54, 1.807) is 18.3 Å². The molecule has 0 bridgehead atoms. The van der Waals surface area contributed by atoms with Crippen LogP contribution in [0.3, 0.4) is 0 Å². The number of pyridine rings is 1. The van der Waals surface area contributed by atoms with Gasteiger partial charge < -0.3 is 20.6 Å². The normalized spacial score (nSPS) is 13.2. The zero-order chi connectivity index (χ0) is 23.1. The molecule has 1 saturated heterocycles. The summed E-state index contributed by atoms with van der Waals surface area (Å²) in [4.78, 5) is 17.8. The molecule has 0 unspecified atom stereocenters. The van der Waals surface area contributed by atoms with Gasteiger partial charge in [0.25, 0.3) is 0 Å². The van der Waals surface area contributed by atoms with Gasteiger partial charge in [-0.05, 0) is 23.8 Å². The van der Waals surface area contributed by atoms with Gasteiger partial charge in [0.2, 0.25) is 5.91 Å².